The Balaban J connectivity index is 1.96. The number of rotatable bonds is 3. The number of methoxy groups -OCH3 is 1. The van der Waals surface area contributed by atoms with Gasteiger partial charge in [-0.25, -0.2) is 0 Å². The molecule has 0 spiro atoms. The first-order chi connectivity index (χ1) is 11.4. The summed E-state index contributed by atoms with van der Waals surface area (Å²) >= 11 is 0. The number of ether oxygens (including phenoxy) is 1. The lowest BCUT2D eigenvalue weighted by Gasteiger charge is -2.21. The third-order valence-corrected chi connectivity index (χ3v) is 4.00. The van der Waals surface area contributed by atoms with E-state index in [1.165, 1.54) is 0 Å². The molecule has 0 aliphatic rings. The van der Waals surface area contributed by atoms with Gasteiger partial charge in [0.15, 0.2) is 5.69 Å². The molecular formula is C19H21N3O2. The van der Waals surface area contributed by atoms with Gasteiger partial charge in [0.25, 0.3) is 5.91 Å². The van der Waals surface area contributed by atoms with E-state index in [2.05, 4.69) is 36.3 Å². The van der Waals surface area contributed by atoms with E-state index in [9.17, 15) is 4.79 Å². The number of fused-ring (bicyclic) bond motifs is 1. The monoisotopic (exact) mass is 323 g/mol. The number of nitrogens with one attached hydrogen (secondary N) is 2. The van der Waals surface area contributed by atoms with Crippen molar-refractivity contribution in [1.82, 2.24) is 10.2 Å². The summed E-state index contributed by atoms with van der Waals surface area (Å²) in [7, 11) is 1.59. The number of aromatic amines is 1. The molecule has 1 amide bonds. The van der Waals surface area contributed by atoms with E-state index in [1.54, 1.807) is 7.11 Å². The van der Waals surface area contributed by atoms with Crippen LogP contribution in [0.4, 0.5) is 5.69 Å². The molecule has 24 heavy (non-hydrogen) atoms. The Morgan fingerprint density at radius 3 is 2.62 bits per heavy atom. The van der Waals surface area contributed by atoms with E-state index in [-0.39, 0.29) is 11.3 Å². The number of benzene rings is 2. The van der Waals surface area contributed by atoms with Crippen molar-refractivity contribution in [2.24, 2.45) is 0 Å². The quantitative estimate of drug-likeness (QED) is 0.762. The molecule has 1 heterocycles. The van der Waals surface area contributed by atoms with Gasteiger partial charge in [0.2, 0.25) is 0 Å². The van der Waals surface area contributed by atoms with Crippen molar-refractivity contribution in [3.8, 4) is 5.75 Å². The van der Waals surface area contributed by atoms with Gasteiger partial charge in [-0.3, -0.25) is 9.89 Å². The summed E-state index contributed by atoms with van der Waals surface area (Å²) in [6, 6.07) is 13.4. The van der Waals surface area contributed by atoms with Crippen molar-refractivity contribution in [2.45, 2.75) is 26.2 Å². The molecule has 2 N–H and O–H groups in total. The van der Waals surface area contributed by atoms with Crippen LogP contribution >= 0.6 is 0 Å². The van der Waals surface area contributed by atoms with Gasteiger partial charge in [-0.1, -0.05) is 45.0 Å². The molecule has 0 bridgehead atoms. The molecule has 2 aromatic carbocycles. The van der Waals surface area contributed by atoms with Crippen LogP contribution in [0.15, 0.2) is 42.5 Å². The molecule has 0 saturated heterocycles. The molecule has 0 fully saturated rings. The van der Waals surface area contributed by atoms with Crippen molar-refractivity contribution in [1.29, 1.82) is 0 Å². The van der Waals surface area contributed by atoms with Gasteiger partial charge in [0.05, 0.1) is 18.3 Å². The summed E-state index contributed by atoms with van der Waals surface area (Å²) in [5, 5.41) is 10.7. The Morgan fingerprint density at radius 1 is 1.17 bits per heavy atom. The number of anilines is 1. The number of carbonyl (C=O) groups excluding carboxylic acids is 1. The molecule has 3 aromatic rings. The first-order valence-corrected chi connectivity index (χ1v) is 7.83. The van der Waals surface area contributed by atoms with Crippen LogP contribution < -0.4 is 10.1 Å². The van der Waals surface area contributed by atoms with Crippen LogP contribution in [0.3, 0.4) is 0 Å². The predicted octanol–water partition coefficient (Wildman–Crippen LogP) is 4.12. The fourth-order valence-electron chi connectivity index (χ4n) is 2.59. The Morgan fingerprint density at radius 2 is 1.92 bits per heavy atom. The fraction of sp³-hybridized carbons (Fsp3) is 0.263. The molecule has 1 aromatic heterocycles. The Hall–Kier alpha value is -2.82. The Kier molecular flexibility index (Phi) is 4.01. The number of H-pyrrole nitrogens is 1. The fourth-order valence-corrected chi connectivity index (χ4v) is 2.59. The van der Waals surface area contributed by atoms with Crippen LogP contribution in [0, 0.1) is 0 Å². The molecular weight excluding hydrogens is 302 g/mol. The lowest BCUT2D eigenvalue weighted by atomic mass is 9.87. The minimum absolute atomic E-state index is 0.0230. The van der Waals surface area contributed by atoms with Gasteiger partial charge in [0, 0.05) is 5.39 Å². The van der Waals surface area contributed by atoms with E-state index in [0.717, 1.165) is 16.5 Å². The molecule has 5 nitrogen and oxygen atoms in total. The van der Waals surface area contributed by atoms with Crippen molar-refractivity contribution in [2.75, 3.05) is 12.4 Å². The van der Waals surface area contributed by atoms with E-state index in [0.29, 0.717) is 17.1 Å². The summed E-state index contributed by atoms with van der Waals surface area (Å²) in [4.78, 5) is 12.7. The number of hydrogen-bond donors (Lipinski definition) is 2. The van der Waals surface area contributed by atoms with E-state index >= 15 is 0 Å². The summed E-state index contributed by atoms with van der Waals surface area (Å²) in [5.74, 6) is 0.355. The number of para-hydroxylation sites is 1. The molecule has 0 unspecified atom stereocenters. The van der Waals surface area contributed by atoms with Gasteiger partial charge in [-0.05, 0) is 29.2 Å². The van der Waals surface area contributed by atoms with E-state index < -0.39 is 0 Å². The summed E-state index contributed by atoms with van der Waals surface area (Å²) in [6.07, 6.45) is 0. The second kappa shape index (κ2) is 6.00. The van der Waals surface area contributed by atoms with Crippen molar-refractivity contribution in [3.63, 3.8) is 0 Å². The molecule has 5 heteroatoms. The standard InChI is InChI=1S/C19H21N3O2/c1-19(2,3)12-9-10-16(24-4)15(11-12)20-18(23)17-13-7-5-6-8-14(13)21-22-17/h5-11H,1-4H3,(H,20,23)(H,21,22). The van der Waals surface area contributed by atoms with Crippen LogP contribution in [0.5, 0.6) is 5.75 Å². The first-order valence-electron chi connectivity index (χ1n) is 7.83. The lowest BCUT2D eigenvalue weighted by molar-refractivity contribution is 0.102. The van der Waals surface area contributed by atoms with Crippen molar-refractivity contribution < 1.29 is 9.53 Å². The largest absolute Gasteiger partial charge is 0.495 e. The minimum atomic E-state index is -0.267. The SMILES string of the molecule is COc1ccc(C(C)(C)C)cc1NC(=O)c1n[nH]c2ccccc12. The highest BCUT2D eigenvalue weighted by Gasteiger charge is 2.19. The Labute approximate surface area is 141 Å². The molecule has 0 radical (unpaired) electrons. The average Bonchev–Trinajstić information content (AvgIpc) is 2.98. The Bertz CT molecular complexity index is 891. The third-order valence-electron chi connectivity index (χ3n) is 4.00. The number of aromatic nitrogens is 2. The second-order valence-electron chi connectivity index (χ2n) is 6.74. The van der Waals surface area contributed by atoms with Crippen LogP contribution in [0.1, 0.15) is 36.8 Å². The summed E-state index contributed by atoms with van der Waals surface area (Å²) < 4.78 is 5.38. The van der Waals surface area contributed by atoms with E-state index in [4.69, 9.17) is 4.74 Å². The molecule has 0 saturated carbocycles. The van der Waals surface area contributed by atoms with Gasteiger partial charge in [-0.2, -0.15) is 5.10 Å². The van der Waals surface area contributed by atoms with Gasteiger partial charge in [-0.15, -0.1) is 0 Å². The zero-order chi connectivity index (χ0) is 17.3. The minimum Gasteiger partial charge on any atom is -0.495 e. The maximum atomic E-state index is 12.7. The molecule has 0 atom stereocenters. The van der Waals surface area contributed by atoms with Crippen molar-refractivity contribution in [3.05, 3.63) is 53.7 Å². The molecule has 3 rings (SSSR count). The number of amides is 1. The smallest absolute Gasteiger partial charge is 0.276 e. The van der Waals surface area contributed by atoms with Crippen LogP contribution in [0.2, 0.25) is 0 Å². The second-order valence-corrected chi connectivity index (χ2v) is 6.74. The van der Waals surface area contributed by atoms with E-state index in [1.807, 2.05) is 42.5 Å². The van der Waals surface area contributed by atoms with Gasteiger partial charge >= 0.3 is 0 Å². The summed E-state index contributed by atoms with van der Waals surface area (Å²) in [6.45, 7) is 6.38. The highest BCUT2D eigenvalue weighted by molar-refractivity contribution is 6.11. The highest BCUT2D eigenvalue weighted by atomic mass is 16.5. The summed E-state index contributed by atoms with van der Waals surface area (Å²) in [5.41, 5.74) is 2.93. The number of nitrogens with zero attached hydrogens (tertiary/aromatic N) is 1. The average molecular weight is 323 g/mol. The van der Waals surface area contributed by atoms with Crippen LogP contribution in [-0.2, 0) is 5.41 Å². The van der Waals surface area contributed by atoms with Crippen molar-refractivity contribution >= 4 is 22.5 Å². The highest BCUT2D eigenvalue weighted by Crippen LogP contribution is 2.32. The number of hydrogen-bond acceptors (Lipinski definition) is 3. The predicted molar refractivity (Wildman–Crippen MR) is 95.7 cm³/mol. The first kappa shape index (κ1) is 16.1. The molecule has 0 aliphatic heterocycles. The molecule has 0 aliphatic carbocycles. The zero-order valence-corrected chi connectivity index (χ0v) is 14.3. The zero-order valence-electron chi connectivity index (χ0n) is 14.3. The van der Waals surface area contributed by atoms with Gasteiger partial charge in [0.1, 0.15) is 5.75 Å². The number of carbonyl (C=O) groups is 1. The van der Waals surface area contributed by atoms with Gasteiger partial charge < -0.3 is 10.1 Å². The van der Waals surface area contributed by atoms with Crippen LogP contribution in [0.25, 0.3) is 10.9 Å². The topological polar surface area (TPSA) is 67.0 Å². The van der Waals surface area contributed by atoms with Crippen LogP contribution in [-0.4, -0.2) is 23.2 Å². The normalized spacial score (nSPS) is 11.5. The third kappa shape index (κ3) is 2.97. The maximum absolute atomic E-state index is 12.7. The molecule has 124 valence electrons. The lowest BCUT2D eigenvalue weighted by Crippen LogP contribution is -2.16. The maximum Gasteiger partial charge on any atom is 0.276 e.